The molecule has 1 aliphatic carbocycles. The summed E-state index contributed by atoms with van der Waals surface area (Å²) in [6.45, 7) is 7.35. The third kappa shape index (κ3) is 1.80. The summed E-state index contributed by atoms with van der Waals surface area (Å²) in [4.78, 5) is 2.69. The maximum absolute atomic E-state index is 3.45. The van der Waals surface area contributed by atoms with Crippen LogP contribution in [0.5, 0.6) is 0 Å². The molecule has 70 valence electrons. The van der Waals surface area contributed by atoms with Crippen LogP contribution in [0.3, 0.4) is 0 Å². The van der Waals surface area contributed by atoms with Crippen molar-refractivity contribution >= 4 is 0 Å². The lowest BCUT2D eigenvalue weighted by Crippen LogP contribution is -2.31. The van der Waals surface area contributed by atoms with Crippen molar-refractivity contribution in [3.05, 3.63) is 0 Å². The molecule has 0 spiro atoms. The van der Waals surface area contributed by atoms with Crippen LogP contribution in [0.2, 0.25) is 0 Å². The molecule has 2 aliphatic rings. The van der Waals surface area contributed by atoms with Crippen molar-refractivity contribution in [2.75, 3.05) is 26.2 Å². The van der Waals surface area contributed by atoms with Gasteiger partial charge in [-0.25, -0.2) is 0 Å². The van der Waals surface area contributed by atoms with E-state index in [0.29, 0.717) is 0 Å². The van der Waals surface area contributed by atoms with Crippen LogP contribution in [-0.2, 0) is 0 Å². The highest BCUT2D eigenvalue weighted by Crippen LogP contribution is 2.38. The SMILES string of the molecule is CCC1CC1N1CCCNCC1. The Balaban J connectivity index is 1.79. The average molecular weight is 168 g/mol. The minimum Gasteiger partial charge on any atom is -0.315 e. The summed E-state index contributed by atoms with van der Waals surface area (Å²) in [5.41, 5.74) is 0. The standard InChI is InChI=1S/C10H20N2/c1-2-9-8-10(9)12-6-3-4-11-5-7-12/h9-11H,2-8H2,1H3. The largest absolute Gasteiger partial charge is 0.315 e. The fourth-order valence-electron chi connectivity index (χ4n) is 2.32. The molecule has 0 radical (unpaired) electrons. The van der Waals surface area contributed by atoms with Crippen LogP contribution in [0.4, 0.5) is 0 Å². The van der Waals surface area contributed by atoms with Gasteiger partial charge < -0.3 is 5.32 Å². The molecule has 1 N–H and O–H groups in total. The van der Waals surface area contributed by atoms with Gasteiger partial charge in [-0.3, -0.25) is 4.90 Å². The third-order valence-electron chi connectivity index (χ3n) is 3.25. The summed E-state index contributed by atoms with van der Waals surface area (Å²) >= 11 is 0. The topological polar surface area (TPSA) is 15.3 Å². The van der Waals surface area contributed by atoms with E-state index in [1.165, 1.54) is 45.4 Å². The number of nitrogens with one attached hydrogen (secondary N) is 1. The van der Waals surface area contributed by atoms with Crippen LogP contribution in [-0.4, -0.2) is 37.1 Å². The molecule has 0 bridgehead atoms. The summed E-state index contributed by atoms with van der Waals surface area (Å²) < 4.78 is 0. The molecule has 12 heavy (non-hydrogen) atoms. The second-order valence-electron chi connectivity index (χ2n) is 4.11. The van der Waals surface area contributed by atoms with Crippen LogP contribution >= 0.6 is 0 Å². The summed E-state index contributed by atoms with van der Waals surface area (Å²) in [6, 6.07) is 0.954. The molecule has 2 rings (SSSR count). The number of rotatable bonds is 2. The van der Waals surface area contributed by atoms with Crippen LogP contribution < -0.4 is 5.32 Å². The maximum atomic E-state index is 3.45. The van der Waals surface area contributed by atoms with Gasteiger partial charge in [0.2, 0.25) is 0 Å². The Labute approximate surface area is 75.3 Å². The lowest BCUT2D eigenvalue weighted by molar-refractivity contribution is 0.268. The van der Waals surface area contributed by atoms with Gasteiger partial charge in [0.05, 0.1) is 0 Å². The first kappa shape index (κ1) is 8.52. The molecule has 2 unspecified atom stereocenters. The van der Waals surface area contributed by atoms with Crippen LogP contribution in [0.15, 0.2) is 0 Å². The van der Waals surface area contributed by atoms with E-state index in [0.717, 1.165) is 12.0 Å². The van der Waals surface area contributed by atoms with Crippen molar-refractivity contribution in [2.45, 2.75) is 32.2 Å². The van der Waals surface area contributed by atoms with Gasteiger partial charge in [-0.2, -0.15) is 0 Å². The zero-order chi connectivity index (χ0) is 8.39. The molecule has 1 aliphatic heterocycles. The Morgan fingerprint density at radius 3 is 3.00 bits per heavy atom. The molecule has 0 aromatic rings. The van der Waals surface area contributed by atoms with Gasteiger partial charge in [0.25, 0.3) is 0 Å². The van der Waals surface area contributed by atoms with E-state index in [4.69, 9.17) is 0 Å². The highest BCUT2D eigenvalue weighted by molar-refractivity contribution is 4.94. The summed E-state index contributed by atoms with van der Waals surface area (Å²) in [7, 11) is 0. The summed E-state index contributed by atoms with van der Waals surface area (Å²) in [5, 5.41) is 3.45. The van der Waals surface area contributed by atoms with Crippen molar-refractivity contribution in [1.29, 1.82) is 0 Å². The van der Waals surface area contributed by atoms with Crippen molar-refractivity contribution < 1.29 is 0 Å². The zero-order valence-electron chi connectivity index (χ0n) is 8.05. The smallest absolute Gasteiger partial charge is 0.0128 e. The predicted molar refractivity (Wildman–Crippen MR) is 51.2 cm³/mol. The zero-order valence-corrected chi connectivity index (χ0v) is 8.05. The molecule has 1 saturated heterocycles. The Morgan fingerprint density at radius 2 is 2.25 bits per heavy atom. The van der Waals surface area contributed by atoms with Gasteiger partial charge in [0.1, 0.15) is 0 Å². The van der Waals surface area contributed by atoms with Crippen molar-refractivity contribution in [3.8, 4) is 0 Å². The fraction of sp³-hybridized carbons (Fsp3) is 1.00. The second kappa shape index (κ2) is 3.75. The third-order valence-corrected chi connectivity index (χ3v) is 3.25. The molecule has 0 aromatic carbocycles. The molecule has 2 heteroatoms. The van der Waals surface area contributed by atoms with Gasteiger partial charge in [-0.05, 0) is 31.8 Å². The maximum Gasteiger partial charge on any atom is 0.0128 e. The van der Waals surface area contributed by atoms with Gasteiger partial charge in [-0.15, -0.1) is 0 Å². The lowest BCUT2D eigenvalue weighted by Gasteiger charge is -2.19. The first-order chi connectivity index (χ1) is 5.92. The fourth-order valence-corrected chi connectivity index (χ4v) is 2.32. The van der Waals surface area contributed by atoms with E-state index < -0.39 is 0 Å². The molecule has 2 fully saturated rings. The van der Waals surface area contributed by atoms with E-state index >= 15 is 0 Å². The minimum absolute atomic E-state index is 0.954. The average Bonchev–Trinajstić information content (AvgIpc) is 2.89. The number of nitrogens with zero attached hydrogens (tertiary/aromatic N) is 1. The van der Waals surface area contributed by atoms with Crippen molar-refractivity contribution in [3.63, 3.8) is 0 Å². The van der Waals surface area contributed by atoms with E-state index in [2.05, 4.69) is 17.1 Å². The van der Waals surface area contributed by atoms with Gasteiger partial charge in [-0.1, -0.05) is 13.3 Å². The first-order valence-corrected chi connectivity index (χ1v) is 5.36. The quantitative estimate of drug-likeness (QED) is 0.664. The second-order valence-corrected chi connectivity index (χ2v) is 4.11. The molecule has 1 saturated carbocycles. The molecule has 2 atom stereocenters. The summed E-state index contributed by atoms with van der Waals surface area (Å²) in [6.07, 6.45) is 4.19. The highest BCUT2D eigenvalue weighted by atomic mass is 15.2. The highest BCUT2D eigenvalue weighted by Gasteiger charge is 2.39. The van der Waals surface area contributed by atoms with E-state index in [1.807, 2.05) is 0 Å². The van der Waals surface area contributed by atoms with Crippen molar-refractivity contribution in [2.24, 2.45) is 5.92 Å². The Bertz CT molecular complexity index is 139. The summed E-state index contributed by atoms with van der Waals surface area (Å²) in [5.74, 6) is 1.03. The van der Waals surface area contributed by atoms with E-state index in [-0.39, 0.29) is 0 Å². The monoisotopic (exact) mass is 168 g/mol. The molecule has 0 amide bonds. The van der Waals surface area contributed by atoms with Crippen LogP contribution in [0.1, 0.15) is 26.2 Å². The van der Waals surface area contributed by atoms with Crippen molar-refractivity contribution in [1.82, 2.24) is 10.2 Å². The van der Waals surface area contributed by atoms with Crippen LogP contribution in [0.25, 0.3) is 0 Å². The normalized spacial score (nSPS) is 37.8. The number of hydrogen-bond acceptors (Lipinski definition) is 2. The number of hydrogen-bond donors (Lipinski definition) is 1. The Hall–Kier alpha value is -0.0800. The Morgan fingerprint density at radius 1 is 1.33 bits per heavy atom. The van der Waals surface area contributed by atoms with Crippen LogP contribution in [0, 0.1) is 5.92 Å². The van der Waals surface area contributed by atoms with Gasteiger partial charge in [0.15, 0.2) is 0 Å². The van der Waals surface area contributed by atoms with Gasteiger partial charge in [0, 0.05) is 19.1 Å². The minimum atomic E-state index is 0.954. The molecule has 0 aromatic heterocycles. The lowest BCUT2D eigenvalue weighted by atomic mass is 10.3. The molecular weight excluding hydrogens is 148 g/mol. The van der Waals surface area contributed by atoms with E-state index in [9.17, 15) is 0 Å². The first-order valence-electron chi connectivity index (χ1n) is 5.36. The van der Waals surface area contributed by atoms with Gasteiger partial charge >= 0.3 is 0 Å². The molecular formula is C10H20N2. The molecule has 1 heterocycles. The Kier molecular flexibility index (Phi) is 2.66. The van der Waals surface area contributed by atoms with E-state index in [1.54, 1.807) is 0 Å². The predicted octanol–water partition coefficient (Wildman–Crippen LogP) is 1.08. The molecule has 2 nitrogen and oxygen atoms in total.